The average Bonchev–Trinajstić information content (AvgIpc) is 1.76. The largest absolute Gasteiger partial charge is 0.491 e. The summed E-state index contributed by atoms with van der Waals surface area (Å²) in [5.74, 6) is 12.7. The number of nitrogens with one attached hydrogen (secondary N) is 5. The number of carboxylic acid groups (broad SMARTS) is 1. The van der Waals surface area contributed by atoms with Gasteiger partial charge in [-0.25, -0.2) is 19.7 Å². The number of carboxylic acids is 1. The molecule has 12 atom stereocenters. The Morgan fingerprint density at radius 1 is 0.406 bits per heavy atom. The molecule has 133 heavy (non-hydrogen) atoms. The van der Waals surface area contributed by atoms with Crippen molar-refractivity contribution in [3.63, 3.8) is 0 Å². The van der Waals surface area contributed by atoms with Crippen molar-refractivity contribution in [2.45, 2.75) is 268 Å². The Morgan fingerprint density at radius 3 is 0.977 bits per heavy atom. The van der Waals surface area contributed by atoms with Gasteiger partial charge < -0.3 is 95.7 Å². The summed E-state index contributed by atoms with van der Waals surface area (Å²) < 4.78 is 17.9. The molecule has 12 fully saturated rings. The molecule has 9 aliphatic carbocycles. The fourth-order valence-electron chi connectivity index (χ4n) is 25.9. The topological polar surface area (TPSA) is 343 Å². The first kappa shape index (κ1) is 89.3. The van der Waals surface area contributed by atoms with Crippen LogP contribution in [-0.4, -0.2) is 239 Å². The Balaban J connectivity index is 0.000000113. The number of likely N-dealkylation sites (N-methyl/N-ethyl adjacent to an activating group) is 3. The molecule has 3 aromatic heterocycles. The third-order valence-corrected chi connectivity index (χ3v) is 33.1. The Morgan fingerprint density at radius 2 is 0.692 bits per heavy atom. The quantitative estimate of drug-likeness (QED) is 0.0313. The predicted octanol–water partition coefficient (Wildman–Crippen LogP) is 13.4. The Kier molecular flexibility index (Phi) is 25.4. The van der Waals surface area contributed by atoms with Crippen LogP contribution < -0.4 is 75.9 Å². The van der Waals surface area contributed by atoms with Crippen LogP contribution in [0.2, 0.25) is 0 Å². The number of nitrogens with two attached hydrogens (primary N) is 1. The van der Waals surface area contributed by atoms with Crippen LogP contribution in [0.5, 0.6) is 17.2 Å². The van der Waals surface area contributed by atoms with Crippen molar-refractivity contribution in [3.05, 3.63) is 88.4 Å². The van der Waals surface area contributed by atoms with E-state index in [1.54, 1.807) is 52.5 Å². The molecule has 710 valence electrons. The summed E-state index contributed by atoms with van der Waals surface area (Å²) in [5, 5.41) is 26.2. The third-order valence-electron chi connectivity index (χ3n) is 33.1. The van der Waals surface area contributed by atoms with Gasteiger partial charge in [0.05, 0.1) is 61.0 Å². The highest BCUT2D eigenvalue weighted by atomic mass is 16.5. The molecule has 3 aromatic carbocycles. The lowest BCUT2D eigenvalue weighted by molar-refractivity contribution is -0.120. The molecule has 5 amide bonds. The number of carbonyl (C=O) groups is 6. The maximum Gasteiger partial charge on any atom is 0.336 e. The van der Waals surface area contributed by atoms with Gasteiger partial charge in [0.15, 0.2) is 17.5 Å². The van der Waals surface area contributed by atoms with Crippen molar-refractivity contribution in [3.8, 4) is 17.2 Å². The highest BCUT2D eigenvalue weighted by molar-refractivity contribution is 6.07. The van der Waals surface area contributed by atoms with Crippen LogP contribution in [0.25, 0.3) is 0 Å². The molecule has 24 rings (SSSR count). The number of benzene rings is 3. The number of aromatic nitrogens is 6. The first-order chi connectivity index (χ1) is 64.7. The van der Waals surface area contributed by atoms with Gasteiger partial charge in [-0.15, -0.1) is 0 Å². The van der Waals surface area contributed by atoms with Crippen LogP contribution in [0.3, 0.4) is 0 Å². The maximum atomic E-state index is 13.5. The van der Waals surface area contributed by atoms with E-state index in [1.165, 1.54) is 136 Å². The van der Waals surface area contributed by atoms with Crippen molar-refractivity contribution in [2.24, 2.45) is 59.0 Å². The molecule has 0 spiro atoms. The summed E-state index contributed by atoms with van der Waals surface area (Å²) in [6, 6.07) is 12.2. The molecule has 18 aliphatic rings. The number of ether oxygens (including phenoxy) is 3. The van der Waals surface area contributed by atoms with Gasteiger partial charge in [0.2, 0.25) is 35.6 Å². The lowest BCUT2D eigenvalue weighted by atomic mass is 10.0. The number of aromatic carboxylic acids is 1. The number of anilines is 12. The van der Waals surface area contributed by atoms with Crippen molar-refractivity contribution in [1.82, 2.24) is 55.2 Å². The number of fused-ring (bicyclic) bond motifs is 9. The average molecular weight is 1820 g/mol. The van der Waals surface area contributed by atoms with E-state index >= 15 is 0 Å². The van der Waals surface area contributed by atoms with Crippen LogP contribution >= 0.6 is 0 Å². The SMILES string of the molecule is CC[C@@H]1C(=O)N(C)c2cnc(Nc3ccc(C(=O)NC4C[C@@H]5CN(CC6CC6)C[C@@H]5C4)c4c3OCC4)nc2N1C1CCCC1.CC[C@@H]1C(=O)N(C)c2cnc(Nc3ccc(C(=O)NC4C[C@@H]5CN(CC6CC6)C[C@@H]5C4)c4c3OCC4)nc2N1C1CCCC1.CC[C@@H]1C(=O)N(C)c2cnc(Nc3ccc(C(=O)O)c4c3OCC4)nc2N1C1CCCC1.NC1C[C@@H]2CN(CC3CC3)C[C@@H]2C1. The van der Waals surface area contributed by atoms with E-state index in [2.05, 4.69) is 84.8 Å². The van der Waals surface area contributed by atoms with Gasteiger partial charge in [-0.05, 0) is 224 Å². The van der Waals surface area contributed by atoms with Crippen molar-refractivity contribution >= 4 is 105 Å². The van der Waals surface area contributed by atoms with Gasteiger partial charge >= 0.3 is 5.97 Å². The highest BCUT2D eigenvalue weighted by Gasteiger charge is 2.50. The van der Waals surface area contributed by atoms with Gasteiger partial charge in [-0.3, -0.25) is 24.0 Å². The molecule has 3 saturated heterocycles. The maximum absolute atomic E-state index is 13.5. The Labute approximate surface area is 781 Å². The lowest BCUT2D eigenvalue weighted by Crippen LogP contribution is -2.55. The summed E-state index contributed by atoms with van der Waals surface area (Å²) in [6.45, 7) is 19.2. The van der Waals surface area contributed by atoms with E-state index in [-0.39, 0.29) is 65.3 Å². The zero-order chi connectivity index (χ0) is 91.1. The minimum atomic E-state index is -0.964. The standard InChI is InChI=1S/2C34H45N7O3.C23H27N5O4.C11H20N2/c2*1-3-28-33(43)39(2)29-16-35-34(38-31(29)41(28)24-6-4-5-7-24)37-27-11-10-26(25-12-13-44-30(25)27)32(42)36-23-14-21-18-40(17-20-8-9-20)19-22(21)15-23;1-3-17-21(29)27(2)18-12-24-23(26-20(18)28(17)13-6-4-5-7-13)25-16-9-8-15(22(30)31)14-10-11-32-19(14)16;12-11-3-9-6-13(5-8-1-2-8)7-10(9)4-11/h2*10-11,16,20-24,28H,3-9,12-15,17-19H2,1-2H3,(H,36,42)(H,35,37,38);8-9,12-13,17H,3-7,10-11H2,1-2H3,(H,30,31)(H,24,25,26);8-11H,1-7,12H2/t2*21-,22+,23?,28-;17-;9-,10+,11?/m111./s1. The number of rotatable bonds is 23. The molecule has 0 radical (unpaired) electrons. The number of amides is 5. The molecule has 0 bridgehead atoms. The smallest absolute Gasteiger partial charge is 0.336 e. The fraction of sp³-hybridized carbons (Fsp3) is 0.647. The van der Waals surface area contributed by atoms with Gasteiger partial charge in [-0.2, -0.15) is 15.0 Å². The van der Waals surface area contributed by atoms with Crippen LogP contribution in [-0.2, 0) is 33.6 Å². The predicted molar refractivity (Wildman–Crippen MR) is 513 cm³/mol. The van der Waals surface area contributed by atoms with Gasteiger partial charge in [-0.1, -0.05) is 59.3 Å². The van der Waals surface area contributed by atoms with E-state index in [0.29, 0.717) is 157 Å². The number of likely N-dealkylation sites (tertiary alicyclic amines) is 3. The van der Waals surface area contributed by atoms with Gasteiger partial charge in [0.25, 0.3) is 11.8 Å². The van der Waals surface area contributed by atoms with Crippen LogP contribution in [0.15, 0.2) is 55.0 Å². The van der Waals surface area contributed by atoms with E-state index in [9.17, 15) is 33.9 Å². The molecule has 3 unspecified atom stereocenters. The highest BCUT2D eigenvalue weighted by Crippen LogP contribution is 2.50. The minimum absolute atomic E-state index is 0.00802. The summed E-state index contributed by atoms with van der Waals surface area (Å²) >= 11 is 0. The van der Waals surface area contributed by atoms with Gasteiger partial charge in [0, 0.05) is 163 Å². The number of carbonyl (C=O) groups excluding carboxylic acids is 5. The summed E-state index contributed by atoms with van der Waals surface area (Å²) in [6.07, 6.45) is 38.3. The molecular formula is C102H137N21O10. The molecule has 12 heterocycles. The van der Waals surface area contributed by atoms with Crippen molar-refractivity contribution in [1.29, 1.82) is 0 Å². The molecule has 6 aromatic rings. The molecule has 9 saturated carbocycles. The molecule has 31 nitrogen and oxygen atoms in total. The summed E-state index contributed by atoms with van der Waals surface area (Å²) in [5.41, 5.74) is 14.6. The first-order valence-electron chi connectivity index (χ1n) is 51.0. The monoisotopic (exact) mass is 1820 g/mol. The van der Waals surface area contributed by atoms with E-state index < -0.39 is 5.97 Å². The molecule has 31 heteroatoms. The van der Waals surface area contributed by atoms with Crippen LogP contribution in [0.4, 0.5) is 69.4 Å². The second-order valence-corrected chi connectivity index (χ2v) is 42.1. The zero-order valence-electron chi connectivity index (χ0n) is 78.7. The number of hydrogen-bond donors (Lipinski definition) is 7. The number of nitrogens with zero attached hydrogens (tertiary/aromatic N) is 15. The fourth-order valence-corrected chi connectivity index (χ4v) is 25.9. The van der Waals surface area contributed by atoms with Crippen molar-refractivity contribution in [2.75, 3.05) is 145 Å². The van der Waals surface area contributed by atoms with Crippen LogP contribution in [0.1, 0.15) is 242 Å². The van der Waals surface area contributed by atoms with E-state index in [4.69, 9.17) is 34.9 Å². The number of hydrogen-bond acceptors (Lipinski definition) is 25. The normalized spacial score (nSPS) is 27.9. The van der Waals surface area contributed by atoms with E-state index in [1.807, 2.05) is 45.3 Å². The minimum Gasteiger partial charge on any atom is -0.491 e. The Hall–Kier alpha value is -10.2. The zero-order valence-corrected chi connectivity index (χ0v) is 78.7. The molecule has 8 N–H and O–H groups in total. The second-order valence-electron chi connectivity index (χ2n) is 42.1. The van der Waals surface area contributed by atoms with Crippen molar-refractivity contribution < 1.29 is 48.1 Å². The second kappa shape index (κ2) is 37.8. The van der Waals surface area contributed by atoms with E-state index in [0.717, 1.165) is 171 Å². The molecule has 9 aliphatic heterocycles. The van der Waals surface area contributed by atoms with Gasteiger partial charge in [0.1, 0.15) is 52.4 Å². The third kappa shape index (κ3) is 18.2. The lowest BCUT2D eigenvalue weighted by Gasteiger charge is -2.43. The van der Waals surface area contributed by atoms with Crippen LogP contribution in [0, 0.1) is 53.3 Å². The first-order valence-corrected chi connectivity index (χ1v) is 51.0. The summed E-state index contributed by atoms with van der Waals surface area (Å²) in [7, 11) is 5.41. The molecular weight excluding hydrogens is 1680 g/mol. The Bertz CT molecular complexity index is 5120. The summed E-state index contributed by atoms with van der Waals surface area (Å²) in [4.78, 5) is 126.